The number of primary amides is 1. The van der Waals surface area contributed by atoms with E-state index in [4.69, 9.17) is 17.3 Å². The fraction of sp³-hybridized carbons (Fsp3) is 0.267. The Balaban J connectivity index is 1.80. The van der Waals surface area contributed by atoms with Crippen LogP contribution in [0.2, 0.25) is 5.02 Å². The number of nitrogens with two attached hydrogens (primary N) is 1. The molecule has 130 valence electrons. The Hall–Kier alpha value is -2.94. The predicted molar refractivity (Wildman–Crippen MR) is 93.1 cm³/mol. The number of hydrogen-bond acceptors (Lipinski definition) is 7. The molecule has 0 spiro atoms. The zero-order valence-corrected chi connectivity index (χ0v) is 13.9. The summed E-state index contributed by atoms with van der Waals surface area (Å²) in [6.45, 7) is 2.34. The lowest BCUT2D eigenvalue weighted by molar-refractivity contribution is -0.385. The summed E-state index contributed by atoms with van der Waals surface area (Å²) in [5, 5.41) is 11.4. The van der Waals surface area contributed by atoms with Gasteiger partial charge in [0.1, 0.15) is 17.8 Å². The number of carbonyl (C=O) groups excluding carboxylic acids is 1. The van der Waals surface area contributed by atoms with Crippen LogP contribution in [0.1, 0.15) is 10.4 Å². The van der Waals surface area contributed by atoms with Gasteiger partial charge in [-0.1, -0.05) is 11.6 Å². The number of hydrogen-bond donors (Lipinski definition) is 1. The molecule has 2 aromatic rings. The van der Waals surface area contributed by atoms with Crippen molar-refractivity contribution in [2.24, 2.45) is 5.73 Å². The van der Waals surface area contributed by atoms with Gasteiger partial charge >= 0.3 is 0 Å². The molecule has 2 aromatic heterocycles. The molecule has 0 saturated carbocycles. The molecule has 2 N–H and O–H groups in total. The third-order valence-corrected chi connectivity index (χ3v) is 4.24. The quantitative estimate of drug-likeness (QED) is 0.646. The maximum absolute atomic E-state index is 11.7. The summed E-state index contributed by atoms with van der Waals surface area (Å²) in [4.78, 5) is 34.2. The van der Waals surface area contributed by atoms with Gasteiger partial charge in [-0.05, 0) is 12.1 Å². The van der Waals surface area contributed by atoms with Crippen LogP contribution in [-0.2, 0) is 0 Å². The van der Waals surface area contributed by atoms with Gasteiger partial charge in [0.25, 0.3) is 11.6 Å². The molecule has 0 bridgehead atoms. The molecule has 1 saturated heterocycles. The van der Waals surface area contributed by atoms with E-state index in [9.17, 15) is 14.9 Å². The molecule has 3 rings (SSSR count). The second kappa shape index (κ2) is 6.89. The number of piperazine rings is 1. The molecule has 9 nitrogen and oxygen atoms in total. The smallest absolute Gasteiger partial charge is 0.288 e. The van der Waals surface area contributed by atoms with Gasteiger partial charge in [0.05, 0.1) is 15.5 Å². The molecule has 0 unspecified atom stereocenters. The first-order valence-electron chi connectivity index (χ1n) is 7.52. The average Bonchev–Trinajstić information content (AvgIpc) is 2.61. The largest absolute Gasteiger partial charge is 0.365 e. The molecule has 0 aliphatic carbocycles. The number of pyridine rings is 2. The summed E-state index contributed by atoms with van der Waals surface area (Å²) in [6.07, 6.45) is 2.81. The van der Waals surface area contributed by atoms with Crippen LogP contribution in [0.5, 0.6) is 0 Å². The molecule has 25 heavy (non-hydrogen) atoms. The van der Waals surface area contributed by atoms with Crippen LogP contribution in [0.3, 0.4) is 0 Å². The van der Waals surface area contributed by atoms with E-state index in [0.717, 1.165) is 12.3 Å². The first-order valence-corrected chi connectivity index (χ1v) is 7.90. The number of nitrogens with zero attached hydrogens (tertiary/aromatic N) is 5. The maximum atomic E-state index is 11.7. The Labute approximate surface area is 148 Å². The van der Waals surface area contributed by atoms with Crippen molar-refractivity contribution in [1.29, 1.82) is 0 Å². The van der Waals surface area contributed by atoms with Crippen LogP contribution < -0.4 is 15.5 Å². The Bertz CT molecular complexity index is 823. The van der Waals surface area contributed by atoms with E-state index in [0.29, 0.717) is 42.8 Å². The number of aromatic nitrogens is 2. The minimum Gasteiger partial charge on any atom is -0.365 e. The standard InChI is InChI=1S/C15H15ClN6O3/c16-12-2-1-3-18-15(12)21-6-4-20(5-7-21)14-11(13(17)23)8-10(9-19-14)22(24)25/h1-3,8-9H,4-7H2,(H2,17,23). The highest BCUT2D eigenvalue weighted by Crippen LogP contribution is 2.26. The third-order valence-electron chi connectivity index (χ3n) is 3.95. The van der Waals surface area contributed by atoms with Gasteiger partial charge in [-0.25, -0.2) is 9.97 Å². The second-order valence-electron chi connectivity index (χ2n) is 5.47. The van der Waals surface area contributed by atoms with Crippen molar-refractivity contribution in [2.45, 2.75) is 0 Å². The number of carbonyl (C=O) groups is 1. The van der Waals surface area contributed by atoms with Crippen LogP contribution in [-0.4, -0.2) is 47.0 Å². The van der Waals surface area contributed by atoms with Gasteiger partial charge in [-0.15, -0.1) is 0 Å². The minimum absolute atomic E-state index is 0.0403. The molecule has 0 radical (unpaired) electrons. The zero-order chi connectivity index (χ0) is 18.0. The number of anilines is 2. The van der Waals surface area contributed by atoms with Crippen molar-refractivity contribution < 1.29 is 9.72 Å². The highest BCUT2D eigenvalue weighted by Gasteiger charge is 2.25. The molecule has 1 amide bonds. The molecule has 1 aliphatic rings. The van der Waals surface area contributed by atoms with E-state index in [1.165, 1.54) is 0 Å². The summed E-state index contributed by atoms with van der Waals surface area (Å²) in [6, 6.07) is 4.70. The SMILES string of the molecule is NC(=O)c1cc([N+](=O)[O-])cnc1N1CCN(c2ncccc2Cl)CC1. The topological polar surface area (TPSA) is 118 Å². The highest BCUT2D eigenvalue weighted by molar-refractivity contribution is 6.32. The van der Waals surface area contributed by atoms with Crippen LogP contribution in [0.25, 0.3) is 0 Å². The van der Waals surface area contributed by atoms with Crippen LogP contribution in [0, 0.1) is 10.1 Å². The summed E-state index contributed by atoms with van der Waals surface area (Å²) in [5.41, 5.74) is 5.14. The normalized spacial score (nSPS) is 14.4. The van der Waals surface area contributed by atoms with Gasteiger partial charge in [-0.2, -0.15) is 0 Å². The summed E-state index contributed by atoms with van der Waals surface area (Å²) >= 11 is 6.17. The predicted octanol–water partition coefficient (Wildman–Crippen LogP) is 1.46. The molecule has 0 atom stereocenters. The van der Waals surface area contributed by atoms with Crippen molar-refractivity contribution in [3.8, 4) is 0 Å². The van der Waals surface area contributed by atoms with Gasteiger partial charge in [0.15, 0.2) is 0 Å². The van der Waals surface area contributed by atoms with Crippen molar-refractivity contribution >= 4 is 34.8 Å². The van der Waals surface area contributed by atoms with Crippen molar-refractivity contribution in [3.05, 3.63) is 51.3 Å². The van der Waals surface area contributed by atoms with Gasteiger partial charge < -0.3 is 15.5 Å². The Kier molecular flexibility index (Phi) is 4.66. The third kappa shape index (κ3) is 3.45. The number of amides is 1. The molecule has 10 heteroatoms. The van der Waals surface area contributed by atoms with E-state index in [2.05, 4.69) is 9.97 Å². The Morgan fingerprint density at radius 1 is 1.20 bits per heavy atom. The summed E-state index contributed by atoms with van der Waals surface area (Å²) in [7, 11) is 0. The monoisotopic (exact) mass is 362 g/mol. The van der Waals surface area contributed by atoms with E-state index in [1.807, 2.05) is 9.80 Å². The van der Waals surface area contributed by atoms with Gasteiger partial charge in [0.2, 0.25) is 0 Å². The van der Waals surface area contributed by atoms with E-state index in [-0.39, 0.29) is 11.3 Å². The molecule has 0 aromatic carbocycles. The van der Waals surface area contributed by atoms with Crippen LogP contribution in [0.15, 0.2) is 30.6 Å². The summed E-state index contributed by atoms with van der Waals surface area (Å²) < 4.78 is 0. The first-order chi connectivity index (χ1) is 12.0. The highest BCUT2D eigenvalue weighted by atomic mass is 35.5. The van der Waals surface area contributed by atoms with E-state index >= 15 is 0 Å². The van der Waals surface area contributed by atoms with E-state index < -0.39 is 10.8 Å². The second-order valence-corrected chi connectivity index (χ2v) is 5.88. The Morgan fingerprint density at radius 3 is 2.40 bits per heavy atom. The lowest BCUT2D eigenvalue weighted by Crippen LogP contribution is -2.47. The average molecular weight is 363 g/mol. The molecule has 3 heterocycles. The van der Waals surface area contributed by atoms with Crippen LogP contribution >= 0.6 is 11.6 Å². The lowest BCUT2D eigenvalue weighted by Gasteiger charge is -2.36. The van der Waals surface area contributed by atoms with Crippen molar-refractivity contribution in [3.63, 3.8) is 0 Å². The number of halogens is 1. The van der Waals surface area contributed by atoms with Gasteiger partial charge in [-0.3, -0.25) is 14.9 Å². The van der Waals surface area contributed by atoms with Crippen molar-refractivity contribution in [2.75, 3.05) is 36.0 Å². The zero-order valence-electron chi connectivity index (χ0n) is 13.1. The number of nitro groups is 1. The molecule has 1 aliphatic heterocycles. The fourth-order valence-corrected chi connectivity index (χ4v) is 2.96. The van der Waals surface area contributed by atoms with Gasteiger partial charge in [0, 0.05) is 38.4 Å². The molecular formula is C15H15ClN6O3. The number of rotatable bonds is 4. The first kappa shape index (κ1) is 16.9. The lowest BCUT2D eigenvalue weighted by atomic mass is 10.2. The summed E-state index contributed by atoms with van der Waals surface area (Å²) in [5.74, 6) is 0.307. The maximum Gasteiger partial charge on any atom is 0.288 e. The minimum atomic E-state index is -0.749. The fourth-order valence-electron chi connectivity index (χ4n) is 2.72. The Morgan fingerprint density at radius 2 is 1.84 bits per heavy atom. The van der Waals surface area contributed by atoms with Crippen molar-refractivity contribution in [1.82, 2.24) is 9.97 Å². The van der Waals surface area contributed by atoms with E-state index in [1.54, 1.807) is 18.3 Å². The van der Waals surface area contributed by atoms with Crippen LogP contribution in [0.4, 0.5) is 17.3 Å². The molecule has 1 fully saturated rings. The molecular weight excluding hydrogens is 348 g/mol.